The van der Waals surface area contributed by atoms with Crippen LogP contribution in [0, 0.1) is 5.82 Å². The zero-order valence-electron chi connectivity index (χ0n) is 24.7. The van der Waals surface area contributed by atoms with Gasteiger partial charge in [-0.25, -0.2) is 14.4 Å². The molecule has 0 saturated carbocycles. The summed E-state index contributed by atoms with van der Waals surface area (Å²) in [5.41, 5.74) is 2.30. The number of nitrogens with zero attached hydrogens (tertiary/aromatic N) is 4. The van der Waals surface area contributed by atoms with Gasteiger partial charge in [0.25, 0.3) is 5.91 Å². The average Bonchev–Trinajstić information content (AvgIpc) is 3.08. The number of rotatable bonds is 11. The number of aromatic nitrogens is 3. The molecule has 1 fully saturated rings. The predicted molar refractivity (Wildman–Crippen MR) is 168 cm³/mol. The lowest BCUT2D eigenvalue weighted by Crippen LogP contribution is -2.37. The van der Waals surface area contributed by atoms with Gasteiger partial charge in [-0.15, -0.1) is 0 Å². The van der Waals surface area contributed by atoms with Gasteiger partial charge in [-0.05, 0) is 36.8 Å². The summed E-state index contributed by atoms with van der Waals surface area (Å²) in [7, 11) is 1.56. The number of nitrogens with one attached hydrogen (secondary N) is 1. The summed E-state index contributed by atoms with van der Waals surface area (Å²) in [4.78, 5) is 28.1. The first-order chi connectivity index (χ1) is 22.1. The first kappa shape index (κ1) is 29.9. The molecule has 0 aliphatic carbocycles. The van der Waals surface area contributed by atoms with Gasteiger partial charge < -0.3 is 24.3 Å². The van der Waals surface area contributed by atoms with Crippen LogP contribution >= 0.6 is 0 Å². The molecule has 1 N–H and O–H groups in total. The van der Waals surface area contributed by atoms with Gasteiger partial charge in [0.1, 0.15) is 5.75 Å². The number of ether oxygens (including phenoxy) is 4. The molecule has 10 nitrogen and oxygen atoms in total. The zero-order chi connectivity index (χ0) is 31.0. The van der Waals surface area contributed by atoms with Crippen molar-refractivity contribution in [3.05, 3.63) is 96.8 Å². The predicted octanol–water partition coefficient (Wildman–Crippen LogP) is 5.99. The molecule has 1 aliphatic heterocycles. The molecule has 3 aromatic carbocycles. The Bertz CT molecular complexity index is 1780. The minimum absolute atomic E-state index is 0.0229. The number of carbonyl (C=O) groups excluding carboxylic acids is 1. The summed E-state index contributed by atoms with van der Waals surface area (Å²) in [5.74, 6) is 0.194. The molecule has 0 unspecified atom stereocenters. The van der Waals surface area contributed by atoms with Crippen LogP contribution in [0.2, 0.25) is 0 Å². The molecule has 2 aromatic heterocycles. The van der Waals surface area contributed by atoms with Crippen molar-refractivity contribution < 1.29 is 28.1 Å². The van der Waals surface area contributed by atoms with Gasteiger partial charge in [-0.1, -0.05) is 30.3 Å². The Hall–Kier alpha value is -5.13. The first-order valence-corrected chi connectivity index (χ1v) is 14.6. The normalized spacial score (nSPS) is 13.4. The Morgan fingerprint density at radius 2 is 1.76 bits per heavy atom. The van der Waals surface area contributed by atoms with Crippen LogP contribution in [-0.2, 0) is 4.74 Å². The maximum atomic E-state index is 15.2. The number of hydrogen-bond donors (Lipinski definition) is 1. The van der Waals surface area contributed by atoms with Crippen molar-refractivity contribution in [3.8, 4) is 34.3 Å². The van der Waals surface area contributed by atoms with Gasteiger partial charge in [0, 0.05) is 60.8 Å². The Labute approximate surface area is 259 Å². The van der Waals surface area contributed by atoms with Crippen molar-refractivity contribution in [1.82, 2.24) is 19.9 Å². The van der Waals surface area contributed by atoms with E-state index >= 15 is 4.39 Å². The van der Waals surface area contributed by atoms with E-state index in [2.05, 4.69) is 25.2 Å². The molecule has 45 heavy (non-hydrogen) atoms. The maximum Gasteiger partial charge on any atom is 0.293 e. The number of anilines is 1. The fourth-order valence-corrected chi connectivity index (χ4v) is 4.99. The molecule has 1 aliphatic rings. The van der Waals surface area contributed by atoms with E-state index in [1.54, 1.807) is 43.6 Å². The van der Waals surface area contributed by atoms with Gasteiger partial charge in [0.15, 0.2) is 23.1 Å². The highest BCUT2D eigenvalue weighted by Gasteiger charge is 2.16. The summed E-state index contributed by atoms with van der Waals surface area (Å²) in [6.07, 6.45) is 3.96. The van der Waals surface area contributed by atoms with Crippen molar-refractivity contribution in [2.75, 3.05) is 51.9 Å². The minimum Gasteiger partial charge on any atom is -0.493 e. The Morgan fingerprint density at radius 1 is 0.933 bits per heavy atom. The summed E-state index contributed by atoms with van der Waals surface area (Å²) < 4.78 is 38.2. The van der Waals surface area contributed by atoms with Crippen molar-refractivity contribution >= 4 is 22.5 Å². The van der Waals surface area contributed by atoms with Gasteiger partial charge >= 0.3 is 0 Å². The number of halogens is 1. The van der Waals surface area contributed by atoms with Crippen LogP contribution < -0.4 is 19.5 Å². The molecule has 0 atom stereocenters. The topological polar surface area (TPSA) is 108 Å². The third-order valence-electron chi connectivity index (χ3n) is 7.30. The van der Waals surface area contributed by atoms with Crippen LogP contribution in [0.1, 0.15) is 17.0 Å². The lowest BCUT2D eigenvalue weighted by atomic mass is 10.1. The van der Waals surface area contributed by atoms with E-state index in [1.165, 1.54) is 18.3 Å². The van der Waals surface area contributed by atoms with Crippen molar-refractivity contribution in [2.45, 2.75) is 6.42 Å². The van der Waals surface area contributed by atoms with Gasteiger partial charge in [-0.3, -0.25) is 14.7 Å². The highest BCUT2D eigenvalue weighted by Crippen LogP contribution is 2.38. The highest BCUT2D eigenvalue weighted by molar-refractivity contribution is 6.01. The highest BCUT2D eigenvalue weighted by atomic mass is 19.1. The number of methoxy groups -OCH3 is 1. The molecule has 0 spiro atoms. The SMILES string of the molecule is COc1cc2c(Oc3ccc(NC(=O)c4nccc(-c5ccccc5)n4)cc3F)ccnc2cc1OCCCN1CCOCC1. The van der Waals surface area contributed by atoms with E-state index in [0.717, 1.165) is 44.8 Å². The fourth-order valence-electron chi connectivity index (χ4n) is 4.99. The zero-order valence-corrected chi connectivity index (χ0v) is 24.7. The van der Waals surface area contributed by atoms with E-state index in [-0.39, 0.29) is 17.3 Å². The number of carbonyl (C=O) groups is 1. The number of benzene rings is 3. The Balaban J connectivity index is 1.13. The second-order valence-corrected chi connectivity index (χ2v) is 10.3. The smallest absolute Gasteiger partial charge is 0.293 e. The second kappa shape index (κ2) is 14.1. The molecule has 0 radical (unpaired) electrons. The molecule has 1 amide bonds. The third kappa shape index (κ3) is 7.34. The molecule has 3 heterocycles. The molecular weight excluding hydrogens is 577 g/mol. The number of morpholine rings is 1. The Morgan fingerprint density at radius 3 is 2.56 bits per heavy atom. The monoisotopic (exact) mass is 609 g/mol. The molecule has 0 bridgehead atoms. The summed E-state index contributed by atoms with van der Waals surface area (Å²) in [5, 5.41) is 3.28. The molecule has 1 saturated heterocycles. The van der Waals surface area contributed by atoms with Crippen molar-refractivity contribution in [1.29, 1.82) is 0 Å². The molecule has 5 aromatic rings. The van der Waals surface area contributed by atoms with Crippen LogP contribution in [0.3, 0.4) is 0 Å². The average molecular weight is 610 g/mol. The molecule has 6 rings (SSSR count). The van der Waals surface area contributed by atoms with Crippen molar-refractivity contribution in [3.63, 3.8) is 0 Å². The largest absolute Gasteiger partial charge is 0.493 e. The van der Waals surface area contributed by atoms with Crippen molar-refractivity contribution in [2.24, 2.45) is 0 Å². The lowest BCUT2D eigenvalue weighted by Gasteiger charge is -2.26. The third-order valence-corrected chi connectivity index (χ3v) is 7.30. The summed E-state index contributed by atoms with van der Waals surface area (Å²) >= 11 is 0. The van der Waals surface area contributed by atoms with E-state index in [9.17, 15) is 4.79 Å². The minimum atomic E-state index is -0.663. The lowest BCUT2D eigenvalue weighted by molar-refractivity contribution is 0.0357. The van der Waals surface area contributed by atoms with Crippen LogP contribution in [0.25, 0.3) is 22.2 Å². The number of amides is 1. The molecule has 11 heteroatoms. The van der Waals surface area contributed by atoms with E-state index in [1.807, 2.05) is 30.3 Å². The molecular formula is C34H32FN5O5. The van der Waals surface area contributed by atoms with Gasteiger partial charge in [0.05, 0.1) is 38.1 Å². The van der Waals surface area contributed by atoms with E-state index < -0.39 is 11.7 Å². The van der Waals surface area contributed by atoms with E-state index in [0.29, 0.717) is 40.5 Å². The standard InChI is InChI=1S/C34H32FN5O5/c1-42-31-21-25-28(22-32(31)44-17-5-14-40-15-18-43-19-16-40)36-13-11-29(25)45-30-9-8-24(20-26(30)35)38-34(41)33-37-12-10-27(39-33)23-6-3-2-4-7-23/h2-4,6-13,20-22H,5,14-19H2,1H3,(H,38,41). The van der Waals surface area contributed by atoms with Gasteiger partial charge in [0.2, 0.25) is 5.82 Å². The Kier molecular flexibility index (Phi) is 9.38. The van der Waals surface area contributed by atoms with Crippen LogP contribution in [0.5, 0.6) is 23.0 Å². The summed E-state index contributed by atoms with van der Waals surface area (Å²) in [6.45, 7) is 4.85. The van der Waals surface area contributed by atoms with Crippen LogP contribution in [-0.4, -0.2) is 72.3 Å². The second-order valence-electron chi connectivity index (χ2n) is 10.3. The van der Waals surface area contributed by atoms with Crippen LogP contribution in [0.4, 0.5) is 10.1 Å². The van der Waals surface area contributed by atoms with Crippen LogP contribution in [0.15, 0.2) is 85.2 Å². The van der Waals surface area contributed by atoms with Gasteiger partial charge in [-0.2, -0.15) is 0 Å². The quantitative estimate of drug-likeness (QED) is 0.181. The first-order valence-electron chi connectivity index (χ1n) is 14.6. The summed E-state index contributed by atoms with van der Waals surface area (Å²) in [6, 6.07) is 20.6. The molecule has 230 valence electrons. The number of fused-ring (bicyclic) bond motifs is 1. The number of hydrogen-bond acceptors (Lipinski definition) is 9. The van der Waals surface area contributed by atoms with E-state index in [4.69, 9.17) is 18.9 Å². The maximum absolute atomic E-state index is 15.2. The fraction of sp³-hybridized carbons (Fsp3) is 0.235. The number of pyridine rings is 1.